The molecule has 2 rings (SSSR count). The fourth-order valence-electron chi connectivity index (χ4n) is 2.16. The number of hydrogen-bond acceptors (Lipinski definition) is 3. The van der Waals surface area contributed by atoms with E-state index in [1.165, 1.54) is 17.7 Å². The van der Waals surface area contributed by atoms with Crippen molar-refractivity contribution in [2.45, 2.75) is 33.1 Å². The Bertz CT molecular complexity index is 762. The van der Waals surface area contributed by atoms with Crippen molar-refractivity contribution >= 4 is 11.6 Å². The summed E-state index contributed by atoms with van der Waals surface area (Å²) in [5.41, 5.74) is 4.80. The largest absolute Gasteiger partial charge is 0.484 e. The van der Waals surface area contributed by atoms with E-state index in [9.17, 15) is 9.18 Å². The highest BCUT2D eigenvalue weighted by Gasteiger charge is 2.13. The van der Waals surface area contributed by atoms with Crippen molar-refractivity contribution in [3.05, 3.63) is 65.5 Å². The Morgan fingerprint density at radius 2 is 1.84 bits per heavy atom. The molecule has 0 aromatic heterocycles. The summed E-state index contributed by atoms with van der Waals surface area (Å²) in [4.78, 5) is 11.8. The normalized spacial score (nSPS) is 12.0. The van der Waals surface area contributed by atoms with Gasteiger partial charge in [-0.25, -0.2) is 9.82 Å². The molecule has 0 heterocycles. The van der Waals surface area contributed by atoms with E-state index < -0.39 is 0 Å². The maximum atomic E-state index is 13.2. The number of nitrogens with one attached hydrogen (secondary N) is 1. The zero-order valence-corrected chi connectivity index (χ0v) is 15.0. The Balaban J connectivity index is 1.87. The van der Waals surface area contributed by atoms with Crippen molar-refractivity contribution in [1.29, 1.82) is 0 Å². The van der Waals surface area contributed by atoms with E-state index in [0.717, 1.165) is 0 Å². The van der Waals surface area contributed by atoms with Gasteiger partial charge in [0.1, 0.15) is 11.6 Å². The third-order valence-corrected chi connectivity index (χ3v) is 3.68. The minimum Gasteiger partial charge on any atom is -0.484 e. The maximum absolute atomic E-state index is 13.2. The lowest BCUT2D eigenvalue weighted by atomic mass is 9.87. The topological polar surface area (TPSA) is 50.7 Å². The molecule has 1 amide bonds. The average Bonchev–Trinajstić information content (AvgIpc) is 2.57. The van der Waals surface area contributed by atoms with Crippen LogP contribution < -0.4 is 10.2 Å². The highest BCUT2D eigenvalue weighted by molar-refractivity contribution is 5.99. The highest BCUT2D eigenvalue weighted by atomic mass is 19.1. The van der Waals surface area contributed by atoms with Gasteiger partial charge in [-0.15, -0.1) is 0 Å². The van der Waals surface area contributed by atoms with Crippen molar-refractivity contribution in [3.8, 4) is 5.75 Å². The van der Waals surface area contributed by atoms with Crippen molar-refractivity contribution in [2.24, 2.45) is 5.10 Å². The monoisotopic (exact) mass is 342 g/mol. The number of hydrogen-bond donors (Lipinski definition) is 1. The van der Waals surface area contributed by atoms with Crippen molar-refractivity contribution in [2.75, 3.05) is 6.61 Å². The van der Waals surface area contributed by atoms with Crippen LogP contribution in [0.25, 0.3) is 0 Å². The number of benzene rings is 2. The van der Waals surface area contributed by atoms with Crippen LogP contribution in [-0.4, -0.2) is 18.2 Å². The van der Waals surface area contributed by atoms with Crippen LogP contribution >= 0.6 is 0 Å². The summed E-state index contributed by atoms with van der Waals surface area (Å²) in [7, 11) is 0. The van der Waals surface area contributed by atoms with Crippen LogP contribution in [0.1, 0.15) is 38.8 Å². The Morgan fingerprint density at radius 3 is 2.44 bits per heavy atom. The number of rotatable bonds is 5. The number of carbonyl (C=O) groups is 1. The summed E-state index contributed by atoms with van der Waals surface area (Å²) in [6.07, 6.45) is 0. The highest BCUT2D eigenvalue weighted by Crippen LogP contribution is 2.24. The average molecular weight is 342 g/mol. The molecule has 0 spiro atoms. The standard InChI is InChI=1S/C20H23FN2O2/c1-14(15-6-5-7-17(21)12-15)22-23-19(24)13-25-18-10-8-16(9-11-18)20(2,3)4/h5-12H,13H2,1-4H3,(H,23,24)/b22-14+. The van der Waals surface area contributed by atoms with Crippen molar-refractivity contribution in [3.63, 3.8) is 0 Å². The molecule has 2 aromatic rings. The van der Waals surface area contributed by atoms with Gasteiger partial charge in [0.2, 0.25) is 0 Å². The molecule has 0 aliphatic carbocycles. The molecule has 0 saturated heterocycles. The van der Waals surface area contributed by atoms with E-state index in [0.29, 0.717) is 17.0 Å². The number of carbonyl (C=O) groups excluding carboxylic acids is 1. The lowest BCUT2D eigenvalue weighted by Crippen LogP contribution is -2.25. The Hall–Kier alpha value is -2.69. The molecular weight excluding hydrogens is 319 g/mol. The zero-order chi connectivity index (χ0) is 18.4. The second-order valence-electron chi connectivity index (χ2n) is 6.81. The summed E-state index contributed by atoms with van der Waals surface area (Å²) in [5, 5.41) is 3.96. The van der Waals surface area contributed by atoms with Crippen molar-refractivity contribution < 1.29 is 13.9 Å². The van der Waals surface area contributed by atoms with E-state index in [-0.39, 0.29) is 23.7 Å². The molecule has 0 aliphatic heterocycles. The fourth-order valence-corrected chi connectivity index (χ4v) is 2.16. The quantitative estimate of drug-likeness (QED) is 0.658. The van der Waals surface area contributed by atoms with Crippen LogP contribution in [0.4, 0.5) is 4.39 Å². The minimum absolute atomic E-state index is 0.0685. The van der Waals surface area contributed by atoms with Gasteiger partial charge < -0.3 is 4.74 Å². The van der Waals surface area contributed by atoms with Gasteiger partial charge >= 0.3 is 0 Å². The van der Waals surface area contributed by atoms with Crippen molar-refractivity contribution in [1.82, 2.24) is 5.43 Å². The Morgan fingerprint density at radius 1 is 1.16 bits per heavy atom. The molecular formula is C20H23FN2O2. The molecule has 0 fully saturated rings. The molecule has 4 nitrogen and oxygen atoms in total. The van der Waals surface area contributed by atoms with Gasteiger partial charge in [0.15, 0.2) is 6.61 Å². The van der Waals surface area contributed by atoms with E-state index in [4.69, 9.17) is 4.74 Å². The second kappa shape index (κ2) is 7.92. The van der Waals surface area contributed by atoms with E-state index >= 15 is 0 Å². The first-order valence-electron chi connectivity index (χ1n) is 8.08. The summed E-state index contributed by atoms with van der Waals surface area (Å²) in [6.45, 7) is 7.95. The molecule has 1 N–H and O–H groups in total. The molecule has 0 bridgehead atoms. The Labute approximate surface area is 147 Å². The van der Waals surface area contributed by atoms with Crippen LogP contribution in [0, 0.1) is 5.82 Å². The van der Waals surface area contributed by atoms with Gasteiger partial charge in [0.25, 0.3) is 5.91 Å². The predicted octanol–water partition coefficient (Wildman–Crippen LogP) is 4.04. The van der Waals surface area contributed by atoms with Gasteiger partial charge in [-0.3, -0.25) is 4.79 Å². The molecule has 2 aromatic carbocycles. The summed E-state index contributed by atoms with van der Waals surface area (Å²) in [5.74, 6) is -0.106. The zero-order valence-electron chi connectivity index (χ0n) is 15.0. The molecule has 0 saturated carbocycles. The minimum atomic E-state index is -0.379. The molecule has 132 valence electrons. The first-order valence-corrected chi connectivity index (χ1v) is 8.08. The van der Waals surface area contributed by atoms with E-state index in [1.54, 1.807) is 19.1 Å². The number of ether oxygens (including phenoxy) is 1. The molecule has 25 heavy (non-hydrogen) atoms. The summed E-state index contributed by atoms with van der Waals surface area (Å²) in [6, 6.07) is 13.7. The van der Waals surface area contributed by atoms with E-state index in [2.05, 4.69) is 31.3 Å². The van der Waals surface area contributed by atoms with Crippen LogP contribution in [0.15, 0.2) is 53.6 Å². The molecule has 0 radical (unpaired) electrons. The Kier molecular flexibility index (Phi) is 5.91. The first kappa shape index (κ1) is 18.6. The van der Waals surface area contributed by atoms with Crippen LogP contribution in [0.5, 0.6) is 5.75 Å². The second-order valence-corrected chi connectivity index (χ2v) is 6.81. The lowest BCUT2D eigenvalue weighted by molar-refractivity contribution is -0.123. The maximum Gasteiger partial charge on any atom is 0.277 e. The van der Waals surface area contributed by atoms with Gasteiger partial charge in [-0.2, -0.15) is 5.10 Å². The van der Waals surface area contributed by atoms with E-state index in [1.807, 2.05) is 24.3 Å². The third-order valence-electron chi connectivity index (χ3n) is 3.68. The molecule has 0 aliphatic rings. The van der Waals surface area contributed by atoms with Crippen LogP contribution in [-0.2, 0) is 10.2 Å². The number of halogens is 1. The fraction of sp³-hybridized carbons (Fsp3) is 0.300. The summed E-state index contributed by atoms with van der Waals surface area (Å²) >= 11 is 0. The van der Waals surface area contributed by atoms with Crippen LogP contribution in [0.2, 0.25) is 0 Å². The molecule has 5 heteroatoms. The predicted molar refractivity (Wildman–Crippen MR) is 97.4 cm³/mol. The molecule has 0 atom stereocenters. The number of nitrogens with zero attached hydrogens (tertiary/aromatic N) is 1. The summed E-state index contributed by atoms with van der Waals surface area (Å²) < 4.78 is 18.6. The van der Waals surface area contributed by atoms with Crippen LogP contribution in [0.3, 0.4) is 0 Å². The van der Waals surface area contributed by atoms with Gasteiger partial charge in [-0.05, 0) is 42.2 Å². The van der Waals surface area contributed by atoms with Gasteiger partial charge in [-0.1, -0.05) is 45.0 Å². The van der Waals surface area contributed by atoms with Gasteiger partial charge in [0.05, 0.1) is 5.71 Å². The smallest absolute Gasteiger partial charge is 0.277 e. The number of hydrazone groups is 1. The third kappa shape index (κ3) is 5.71. The lowest BCUT2D eigenvalue weighted by Gasteiger charge is -2.19. The first-order chi connectivity index (χ1) is 11.8. The number of amides is 1. The SMILES string of the molecule is C/C(=N\NC(=O)COc1ccc(C(C)(C)C)cc1)c1cccc(F)c1. The van der Waals surface area contributed by atoms with Gasteiger partial charge in [0, 0.05) is 5.56 Å². The molecule has 0 unspecified atom stereocenters.